The smallest absolute Gasteiger partial charge is 0.326 e. The van der Waals surface area contributed by atoms with Crippen LogP contribution in [0, 0.1) is 0 Å². The van der Waals surface area contributed by atoms with E-state index in [-0.39, 0.29) is 32.1 Å². The predicted octanol–water partition coefficient (Wildman–Crippen LogP) is 6.22. The standard InChI is InChI=1S/C59H56N6O8/c66-54-38-73-48-27-20-43(21-28-48)36-52(58(70)65-53(59(71)72)37-40-12-6-2-7-13-40)63-55(67)49(29-22-39-10-4-1-5-11-39)62-57(69)51(35-42-16-23-45(24-17-42)44-14-8-3-9-15-44)64-56(68)50(61-54)34-41-18-25-46(26-19-41)47-30-32-60-33-31-47/h1-21,23-28,30-33,49-53H,22,29,34-38H2,(H,61,66)(H,62,69)(H,63,67)(H,64,68)(H,65,70)(H,71,72)/t49-,50-,51+,52-,53-/m0/s1. The van der Waals surface area contributed by atoms with Crippen molar-refractivity contribution in [3.05, 3.63) is 216 Å². The summed E-state index contributed by atoms with van der Waals surface area (Å²) in [5.74, 6) is -4.33. The Morgan fingerprint density at radius 1 is 0.548 bits per heavy atom. The summed E-state index contributed by atoms with van der Waals surface area (Å²) >= 11 is 0. The molecule has 0 spiro atoms. The molecule has 5 atom stereocenters. The zero-order valence-electron chi connectivity index (χ0n) is 40.0. The molecule has 0 unspecified atom stereocenters. The van der Waals surface area contributed by atoms with Crippen LogP contribution in [0.2, 0.25) is 0 Å². The quantitative estimate of drug-likeness (QED) is 0.0684. The molecule has 73 heavy (non-hydrogen) atoms. The molecule has 6 N–H and O–H groups in total. The van der Waals surface area contributed by atoms with Crippen molar-refractivity contribution in [3.8, 4) is 28.0 Å². The number of aliphatic carboxylic acids is 1. The van der Waals surface area contributed by atoms with E-state index in [1.165, 1.54) is 0 Å². The zero-order valence-corrected chi connectivity index (χ0v) is 40.0. The molecule has 9 rings (SSSR count). The first-order valence-electron chi connectivity index (χ1n) is 24.2. The second kappa shape index (κ2) is 24.8. The number of pyridine rings is 1. The molecule has 14 heteroatoms. The molecule has 6 aromatic carbocycles. The minimum atomic E-state index is -1.33. The van der Waals surface area contributed by atoms with E-state index in [0.29, 0.717) is 28.9 Å². The van der Waals surface area contributed by atoms with Crippen molar-refractivity contribution in [2.75, 3.05) is 6.61 Å². The number of benzene rings is 6. The van der Waals surface area contributed by atoms with Crippen LogP contribution in [-0.4, -0.2) is 82.4 Å². The highest BCUT2D eigenvalue weighted by Crippen LogP contribution is 2.22. The lowest BCUT2D eigenvalue weighted by Crippen LogP contribution is -2.60. The molecule has 0 aliphatic carbocycles. The largest absolute Gasteiger partial charge is 0.484 e. The Kier molecular flexibility index (Phi) is 17.1. The maximum Gasteiger partial charge on any atom is 0.326 e. The van der Waals surface area contributed by atoms with Crippen molar-refractivity contribution >= 4 is 35.5 Å². The number of carboxylic acids is 1. The van der Waals surface area contributed by atoms with Crippen LogP contribution >= 0.6 is 0 Å². The van der Waals surface area contributed by atoms with E-state index in [0.717, 1.165) is 33.4 Å². The van der Waals surface area contributed by atoms with Gasteiger partial charge in [-0.25, -0.2) is 4.79 Å². The van der Waals surface area contributed by atoms with Gasteiger partial charge in [-0.1, -0.05) is 152 Å². The molecule has 0 saturated carbocycles. The summed E-state index contributed by atoms with van der Waals surface area (Å²) in [4.78, 5) is 88.9. The van der Waals surface area contributed by atoms with Gasteiger partial charge in [0.1, 0.15) is 36.0 Å². The first-order valence-corrected chi connectivity index (χ1v) is 24.2. The van der Waals surface area contributed by atoms with Crippen molar-refractivity contribution in [1.29, 1.82) is 0 Å². The topological polar surface area (TPSA) is 205 Å². The van der Waals surface area contributed by atoms with Gasteiger partial charge in [-0.3, -0.25) is 29.0 Å². The van der Waals surface area contributed by atoms with Crippen molar-refractivity contribution in [1.82, 2.24) is 31.6 Å². The van der Waals surface area contributed by atoms with Crippen molar-refractivity contribution in [2.45, 2.75) is 68.7 Å². The monoisotopic (exact) mass is 976 g/mol. The van der Waals surface area contributed by atoms with Crippen LogP contribution in [0.25, 0.3) is 22.3 Å². The Bertz CT molecular complexity index is 2960. The molecule has 0 saturated heterocycles. The lowest BCUT2D eigenvalue weighted by Gasteiger charge is -2.27. The molecule has 2 aliphatic rings. The Balaban J connectivity index is 1.12. The maximum atomic E-state index is 14.9. The van der Waals surface area contributed by atoms with E-state index in [9.17, 15) is 33.9 Å². The molecular formula is C59H56N6O8. The normalized spacial score (nSPS) is 18.0. The van der Waals surface area contributed by atoms with Gasteiger partial charge in [0, 0.05) is 38.1 Å². The number of hydrogen-bond donors (Lipinski definition) is 6. The van der Waals surface area contributed by atoms with E-state index >= 15 is 0 Å². The fraction of sp³-hybridized carbons (Fsp3) is 0.203. The maximum absolute atomic E-state index is 14.9. The highest BCUT2D eigenvalue weighted by atomic mass is 16.5. The van der Waals surface area contributed by atoms with Crippen molar-refractivity contribution in [3.63, 3.8) is 0 Å². The molecule has 7 aromatic rings. The van der Waals surface area contributed by atoms with Crippen LogP contribution in [0.5, 0.6) is 5.75 Å². The number of hydrogen-bond acceptors (Lipinski definition) is 8. The zero-order chi connectivity index (χ0) is 50.9. The van der Waals surface area contributed by atoms with Crippen LogP contribution in [0.4, 0.5) is 0 Å². The highest BCUT2D eigenvalue weighted by Gasteiger charge is 2.33. The second-order valence-corrected chi connectivity index (χ2v) is 18.0. The van der Waals surface area contributed by atoms with Gasteiger partial charge >= 0.3 is 5.97 Å². The Morgan fingerprint density at radius 2 is 1.04 bits per heavy atom. The van der Waals surface area contributed by atoms with E-state index < -0.39 is 72.3 Å². The van der Waals surface area contributed by atoms with Gasteiger partial charge in [-0.2, -0.15) is 0 Å². The van der Waals surface area contributed by atoms with E-state index in [2.05, 4.69) is 31.6 Å². The van der Waals surface area contributed by atoms with Crippen molar-refractivity contribution in [2.24, 2.45) is 0 Å². The van der Waals surface area contributed by atoms with Gasteiger partial charge in [0.2, 0.25) is 23.6 Å². The first kappa shape index (κ1) is 50.5. The minimum absolute atomic E-state index is 0.00107. The van der Waals surface area contributed by atoms with E-state index in [1.807, 2.05) is 121 Å². The molecular weight excluding hydrogens is 921 g/mol. The number of carbonyl (C=O) groups is 6. The van der Waals surface area contributed by atoms with E-state index in [4.69, 9.17) is 4.74 Å². The van der Waals surface area contributed by atoms with Gasteiger partial charge in [-0.15, -0.1) is 0 Å². The third-order valence-corrected chi connectivity index (χ3v) is 12.7. The molecule has 3 heterocycles. The number of amides is 5. The Morgan fingerprint density at radius 3 is 1.62 bits per heavy atom. The fourth-order valence-electron chi connectivity index (χ4n) is 8.65. The van der Waals surface area contributed by atoms with Crippen molar-refractivity contribution < 1.29 is 38.6 Å². The van der Waals surface area contributed by atoms with E-state index in [1.54, 1.807) is 67.0 Å². The van der Waals surface area contributed by atoms with Crippen LogP contribution in [0.15, 0.2) is 188 Å². The van der Waals surface area contributed by atoms with Gasteiger partial charge in [-0.05, 0) is 87.2 Å². The fourth-order valence-corrected chi connectivity index (χ4v) is 8.65. The summed E-state index contributed by atoms with van der Waals surface area (Å²) in [5.41, 5.74) is 7.41. The van der Waals surface area contributed by atoms with Crippen LogP contribution in [0.1, 0.15) is 34.2 Å². The summed E-state index contributed by atoms with van der Waals surface area (Å²) in [7, 11) is 0. The molecule has 370 valence electrons. The predicted molar refractivity (Wildman–Crippen MR) is 277 cm³/mol. The number of nitrogens with one attached hydrogen (secondary N) is 5. The average Bonchev–Trinajstić information content (AvgIpc) is 3.42. The first-order chi connectivity index (χ1) is 35.5. The van der Waals surface area contributed by atoms with Gasteiger partial charge in [0.05, 0.1) is 0 Å². The lowest BCUT2D eigenvalue weighted by molar-refractivity contribution is -0.142. The number of nitrogens with zero attached hydrogens (tertiary/aromatic N) is 1. The average molecular weight is 977 g/mol. The molecule has 0 fully saturated rings. The van der Waals surface area contributed by atoms with Gasteiger partial charge in [0.25, 0.3) is 5.91 Å². The third kappa shape index (κ3) is 14.6. The van der Waals surface area contributed by atoms with Crippen LogP contribution in [-0.2, 0) is 60.9 Å². The molecule has 2 bridgehead atoms. The summed E-state index contributed by atoms with van der Waals surface area (Å²) in [5, 5.41) is 24.4. The van der Waals surface area contributed by atoms with Crippen LogP contribution in [0.3, 0.4) is 0 Å². The lowest BCUT2D eigenvalue weighted by atomic mass is 9.98. The number of carbonyl (C=O) groups excluding carboxylic acids is 5. The second-order valence-electron chi connectivity index (χ2n) is 18.0. The number of ether oxygens (including phenoxy) is 1. The molecule has 1 aromatic heterocycles. The minimum Gasteiger partial charge on any atom is -0.484 e. The summed E-state index contributed by atoms with van der Waals surface area (Å²) in [6.45, 7) is -0.454. The number of aromatic nitrogens is 1. The summed E-state index contributed by atoms with van der Waals surface area (Å²) < 4.78 is 5.87. The molecule has 14 nitrogen and oxygen atoms in total. The summed E-state index contributed by atoms with van der Waals surface area (Å²) in [6.07, 6.45) is 3.82. The van der Waals surface area contributed by atoms with Gasteiger partial charge in [0.15, 0.2) is 6.61 Å². The number of rotatable bonds is 14. The Hall–Kier alpha value is -8.91. The number of fused-ring (bicyclic) bond motifs is 16. The molecule has 5 amide bonds. The third-order valence-electron chi connectivity index (χ3n) is 12.7. The Labute approximate surface area is 423 Å². The number of aryl methyl sites for hydroxylation is 1. The summed E-state index contributed by atoms with van der Waals surface area (Å²) in [6, 6.07) is 47.2. The number of carboxylic acid groups (broad SMARTS) is 1. The molecule has 0 radical (unpaired) electrons. The van der Waals surface area contributed by atoms with Crippen LogP contribution < -0.4 is 31.3 Å². The van der Waals surface area contributed by atoms with Gasteiger partial charge < -0.3 is 36.4 Å². The molecule has 2 aliphatic heterocycles. The SMILES string of the molecule is O=C1COc2ccc(cc2)C[C@@H](C(=O)N[C@@H](Cc2ccccc2)C(=O)O)NC(=O)[C@H](CCc2ccccc2)NC(=O)[C@@H](Cc2ccc(-c3ccccc3)cc2)NC(=O)[C@H](Cc2ccc(-c3ccncc3)cc2)N1. The highest BCUT2D eigenvalue weighted by molar-refractivity contribution is 5.96.